The Hall–Kier alpha value is -0.340. The first-order valence-electron chi connectivity index (χ1n) is 5.74. The second-order valence-electron chi connectivity index (χ2n) is 5.38. The molecule has 0 spiro atoms. The number of thiophene rings is 1. The molecule has 1 aromatic heterocycles. The second-order valence-corrected chi connectivity index (χ2v) is 6.30. The highest BCUT2D eigenvalue weighted by Crippen LogP contribution is 2.52. The first-order valence-corrected chi connectivity index (χ1v) is 6.62. The highest BCUT2D eigenvalue weighted by molar-refractivity contribution is 7.10. The van der Waals surface area contributed by atoms with E-state index in [9.17, 15) is 5.11 Å². The van der Waals surface area contributed by atoms with Crippen molar-refractivity contribution < 1.29 is 5.11 Å². The van der Waals surface area contributed by atoms with Crippen LogP contribution in [0.15, 0.2) is 11.4 Å². The van der Waals surface area contributed by atoms with E-state index < -0.39 is 5.60 Å². The fourth-order valence-corrected chi connectivity index (χ4v) is 3.95. The molecule has 2 heteroatoms. The van der Waals surface area contributed by atoms with Gasteiger partial charge in [0.2, 0.25) is 0 Å². The van der Waals surface area contributed by atoms with E-state index in [1.165, 1.54) is 16.9 Å². The molecule has 0 radical (unpaired) electrons. The molecule has 0 saturated heterocycles. The summed E-state index contributed by atoms with van der Waals surface area (Å²) in [6.07, 6.45) is 4.44. The van der Waals surface area contributed by atoms with Crippen LogP contribution in [0.4, 0.5) is 0 Å². The van der Waals surface area contributed by atoms with Crippen molar-refractivity contribution in [3.05, 3.63) is 21.9 Å². The molecule has 1 aliphatic carbocycles. The molecule has 0 bridgehead atoms. The maximum absolute atomic E-state index is 11.0. The largest absolute Gasteiger partial charge is 0.384 e. The van der Waals surface area contributed by atoms with E-state index in [-0.39, 0.29) is 5.41 Å². The Morgan fingerprint density at radius 3 is 2.47 bits per heavy atom. The van der Waals surface area contributed by atoms with Gasteiger partial charge in [-0.1, -0.05) is 26.7 Å². The maximum Gasteiger partial charge on any atom is 0.104 e. The van der Waals surface area contributed by atoms with Crippen LogP contribution in [0.5, 0.6) is 0 Å². The lowest BCUT2D eigenvalue weighted by atomic mass is 9.64. The lowest BCUT2D eigenvalue weighted by molar-refractivity contribution is -0.101. The first-order chi connectivity index (χ1) is 6.97. The molecule has 2 rings (SSSR count). The van der Waals surface area contributed by atoms with E-state index in [2.05, 4.69) is 32.2 Å². The summed E-state index contributed by atoms with van der Waals surface area (Å²) in [7, 11) is 0. The van der Waals surface area contributed by atoms with E-state index in [0.29, 0.717) is 0 Å². The number of hydrogen-bond acceptors (Lipinski definition) is 2. The van der Waals surface area contributed by atoms with Crippen LogP contribution in [0.1, 0.15) is 50.0 Å². The van der Waals surface area contributed by atoms with Crippen molar-refractivity contribution in [2.75, 3.05) is 0 Å². The second kappa shape index (κ2) is 3.60. The zero-order valence-corrected chi connectivity index (χ0v) is 10.7. The van der Waals surface area contributed by atoms with Crippen LogP contribution >= 0.6 is 11.3 Å². The summed E-state index contributed by atoms with van der Waals surface area (Å²) in [5.74, 6) is 0. The van der Waals surface area contributed by atoms with Gasteiger partial charge in [0.05, 0.1) is 0 Å². The van der Waals surface area contributed by atoms with Gasteiger partial charge in [0, 0.05) is 4.88 Å². The minimum atomic E-state index is -0.594. The Morgan fingerprint density at radius 2 is 1.93 bits per heavy atom. The number of aryl methyl sites for hydroxylation is 1. The molecule has 1 fully saturated rings. The van der Waals surface area contributed by atoms with Gasteiger partial charge in [-0.15, -0.1) is 11.3 Å². The molecular formula is C13H20OS. The van der Waals surface area contributed by atoms with Gasteiger partial charge in [0.1, 0.15) is 5.60 Å². The minimum absolute atomic E-state index is 0.0147. The van der Waals surface area contributed by atoms with Crippen molar-refractivity contribution in [1.82, 2.24) is 0 Å². The molecule has 1 N–H and O–H groups in total. The highest BCUT2D eigenvalue weighted by Gasteiger charge is 2.47. The highest BCUT2D eigenvalue weighted by atomic mass is 32.1. The Labute approximate surface area is 96.1 Å². The fraction of sp³-hybridized carbons (Fsp3) is 0.692. The lowest BCUT2D eigenvalue weighted by Crippen LogP contribution is -2.44. The van der Waals surface area contributed by atoms with Crippen molar-refractivity contribution in [2.24, 2.45) is 5.41 Å². The van der Waals surface area contributed by atoms with E-state index in [1.807, 2.05) is 0 Å². The van der Waals surface area contributed by atoms with Crippen molar-refractivity contribution in [2.45, 2.75) is 52.1 Å². The number of aliphatic hydroxyl groups is 1. The molecule has 1 aromatic rings. The summed E-state index contributed by atoms with van der Waals surface area (Å²) in [6.45, 7) is 6.51. The molecule has 1 saturated carbocycles. The van der Waals surface area contributed by atoms with Crippen LogP contribution in [0.3, 0.4) is 0 Å². The zero-order chi connectivity index (χ0) is 11.1. The molecule has 1 heterocycles. The topological polar surface area (TPSA) is 20.2 Å². The summed E-state index contributed by atoms with van der Waals surface area (Å²) in [6, 6.07) is 2.11. The lowest BCUT2D eigenvalue weighted by Gasteiger charge is -2.46. The molecule has 1 nitrogen and oxygen atoms in total. The Morgan fingerprint density at radius 1 is 1.27 bits per heavy atom. The molecule has 1 atom stereocenters. The Bertz CT molecular complexity index is 353. The van der Waals surface area contributed by atoms with Crippen LogP contribution in [-0.2, 0) is 5.60 Å². The SMILES string of the molecule is Cc1ccsc1C1(O)CCCCC1(C)C. The van der Waals surface area contributed by atoms with Gasteiger partial charge in [-0.05, 0) is 42.2 Å². The molecule has 1 aliphatic rings. The molecule has 0 aliphatic heterocycles. The summed E-state index contributed by atoms with van der Waals surface area (Å²) in [4.78, 5) is 1.19. The Balaban J connectivity index is 2.44. The van der Waals surface area contributed by atoms with E-state index in [4.69, 9.17) is 0 Å². The van der Waals surface area contributed by atoms with Crippen LogP contribution in [0.2, 0.25) is 0 Å². The van der Waals surface area contributed by atoms with Gasteiger partial charge in [-0.25, -0.2) is 0 Å². The van der Waals surface area contributed by atoms with Gasteiger partial charge < -0.3 is 5.11 Å². The van der Waals surface area contributed by atoms with Crippen LogP contribution in [0.25, 0.3) is 0 Å². The first kappa shape index (κ1) is 11.2. The van der Waals surface area contributed by atoms with Gasteiger partial charge in [-0.3, -0.25) is 0 Å². The molecular weight excluding hydrogens is 204 g/mol. The molecule has 84 valence electrons. The van der Waals surface area contributed by atoms with E-state index in [0.717, 1.165) is 19.3 Å². The standard InChI is InChI=1S/C13H20OS/c1-10-6-9-15-11(10)13(14)8-5-4-7-12(13,2)3/h6,9,14H,4-5,7-8H2,1-3H3. The smallest absolute Gasteiger partial charge is 0.104 e. The van der Waals surface area contributed by atoms with E-state index >= 15 is 0 Å². The van der Waals surface area contributed by atoms with Crippen molar-refractivity contribution in [3.63, 3.8) is 0 Å². The molecule has 0 aromatic carbocycles. The Kier molecular flexibility index (Phi) is 2.68. The normalized spacial score (nSPS) is 30.4. The molecule has 0 amide bonds. The predicted molar refractivity (Wildman–Crippen MR) is 65.2 cm³/mol. The van der Waals surface area contributed by atoms with Crippen LogP contribution < -0.4 is 0 Å². The van der Waals surface area contributed by atoms with Gasteiger partial charge in [0.15, 0.2) is 0 Å². The quantitative estimate of drug-likeness (QED) is 0.768. The van der Waals surface area contributed by atoms with Crippen molar-refractivity contribution >= 4 is 11.3 Å². The predicted octanol–water partition coefficient (Wildman–Crippen LogP) is 3.84. The third-order valence-electron chi connectivity index (χ3n) is 3.95. The van der Waals surface area contributed by atoms with Gasteiger partial charge in [-0.2, -0.15) is 0 Å². The summed E-state index contributed by atoms with van der Waals surface area (Å²) < 4.78 is 0. The van der Waals surface area contributed by atoms with Gasteiger partial charge >= 0.3 is 0 Å². The van der Waals surface area contributed by atoms with Crippen LogP contribution in [0, 0.1) is 12.3 Å². The third-order valence-corrected chi connectivity index (χ3v) is 5.12. The summed E-state index contributed by atoms with van der Waals surface area (Å²) >= 11 is 1.71. The molecule has 15 heavy (non-hydrogen) atoms. The number of rotatable bonds is 1. The monoisotopic (exact) mass is 224 g/mol. The van der Waals surface area contributed by atoms with Crippen LogP contribution in [-0.4, -0.2) is 5.11 Å². The van der Waals surface area contributed by atoms with Gasteiger partial charge in [0.25, 0.3) is 0 Å². The average Bonchev–Trinajstić information content (AvgIpc) is 2.57. The summed E-state index contributed by atoms with van der Waals surface area (Å²) in [5, 5.41) is 13.0. The number of hydrogen-bond donors (Lipinski definition) is 1. The fourth-order valence-electron chi connectivity index (χ4n) is 2.71. The van der Waals surface area contributed by atoms with Crippen molar-refractivity contribution in [1.29, 1.82) is 0 Å². The third kappa shape index (κ3) is 1.64. The van der Waals surface area contributed by atoms with Crippen molar-refractivity contribution in [3.8, 4) is 0 Å². The molecule has 1 unspecified atom stereocenters. The maximum atomic E-state index is 11.0. The zero-order valence-electron chi connectivity index (χ0n) is 9.84. The average molecular weight is 224 g/mol. The van der Waals surface area contributed by atoms with E-state index in [1.54, 1.807) is 11.3 Å². The summed E-state index contributed by atoms with van der Waals surface area (Å²) in [5.41, 5.74) is 0.669. The minimum Gasteiger partial charge on any atom is -0.384 e.